The van der Waals surface area contributed by atoms with Crippen molar-refractivity contribution in [3.63, 3.8) is 0 Å². The molecule has 0 aromatic heterocycles. The number of rotatable bonds is 1. The third-order valence-corrected chi connectivity index (χ3v) is 2.88. The molecule has 0 bridgehead atoms. The summed E-state index contributed by atoms with van der Waals surface area (Å²) in [5.74, 6) is -1.83. The first-order valence-corrected chi connectivity index (χ1v) is 4.40. The van der Waals surface area contributed by atoms with E-state index in [1.165, 1.54) is 0 Å². The molecule has 1 aliphatic heterocycles. The van der Waals surface area contributed by atoms with E-state index in [4.69, 9.17) is 5.11 Å². The molecule has 1 saturated heterocycles. The number of nitrogens with one attached hydrogen (secondary N) is 2. The minimum absolute atomic E-state index is 0.194. The number of amides is 3. The first kappa shape index (κ1) is 8.98. The largest absolute Gasteiger partial charge is 0.481 e. The van der Waals surface area contributed by atoms with Crippen molar-refractivity contribution in [2.45, 2.75) is 24.8 Å². The zero-order chi connectivity index (χ0) is 10.3. The van der Waals surface area contributed by atoms with Crippen LogP contribution in [0.2, 0.25) is 0 Å². The van der Waals surface area contributed by atoms with E-state index in [0.717, 1.165) is 0 Å². The number of carboxylic acid groups (broad SMARTS) is 1. The molecule has 3 N–H and O–H groups in total. The predicted molar refractivity (Wildman–Crippen MR) is 44.4 cm³/mol. The Kier molecular flexibility index (Phi) is 1.73. The maximum atomic E-state index is 11.4. The van der Waals surface area contributed by atoms with E-state index in [0.29, 0.717) is 12.8 Å². The minimum atomic E-state index is -0.958. The first-order chi connectivity index (χ1) is 6.53. The molecule has 0 aromatic rings. The van der Waals surface area contributed by atoms with E-state index in [2.05, 4.69) is 10.6 Å². The van der Waals surface area contributed by atoms with Gasteiger partial charge in [0.05, 0.1) is 5.92 Å². The first-order valence-electron chi connectivity index (χ1n) is 4.40. The Hall–Kier alpha value is -1.59. The lowest BCUT2D eigenvalue weighted by Crippen LogP contribution is -2.44. The standard InChI is InChI=1S/C8H10N2O4/c11-5(12)4-1-2-8(3-4)6(13)9-7(14)10-8/h4H,1-3H2,(H,11,12)(H2,9,10,13,14)/t4-,8+/m1/s1. The van der Waals surface area contributed by atoms with Crippen LogP contribution in [0.1, 0.15) is 19.3 Å². The molecule has 1 spiro atoms. The van der Waals surface area contributed by atoms with Crippen molar-refractivity contribution in [1.29, 1.82) is 0 Å². The average molecular weight is 198 g/mol. The van der Waals surface area contributed by atoms with Crippen LogP contribution in [-0.2, 0) is 9.59 Å². The highest BCUT2D eigenvalue weighted by Gasteiger charge is 2.52. The molecule has 1 saturated carbocycles. The number of aliphatic carboxylic acids is 1. The van der Waals surface area contributed by atoms with Crippen molar-refractivity contribution in [2.24, 2.45) is 5.92 Å². The van der Waals surface area contributed by atoms with Crippen molar-refractivity contribution in [3.8, 4) is 0 Å². The van der Waals surface area contributed by atoms with Gasteiger partial charge in [-0.1, -0.05) is 0 Å². The summed E-state index contributed by atoms with van der Waals surface area (Å²) in [5.41, 5.74) is -0.958. The molecular weight excluding hydrogens is 188 g/mol. The van der Waals surface area contributed by atoms with Gasteiger partial charge >= 0.3 is 12.0 Å². The van der Waals surface area contributed by atoms with Crippen LogP contribution in [0.5, 0.6) is 0 Å². The second-order valence-corrected chi connectivity index (χ2v) is 3.77. The fraction of sp³-hybridized carbons (Fsp3) is 0.625. The summed E-state index contributed by atoms with van der Waals surface area (Å²) < 4.78 is 0. The third kappa shape index (κ3) is 1.14. The van der Waals surface area contributed by atoms with Gasteiger partial charge in [-0.25, -0.2) is 4.79 Å². The summed E-state index contributed by atoms with van der Waals surface area (Å²) in [6.45, 7) is 0. The summed E-state index contributed by atoms with van der Waals surface area (Å²) in [4.78, 5) is 33.0. The van der Waals surface area contributed by atoms with E-state index in [9.17, 15) is 14.4 Å². The van der Waals surface area contributed by atoms with Crippen molar-refractivity contribution >= 4 is 17.9 Å². The molecule has 3 amide bonds. The van der Waals surface area contributed by atoms with Gasteiger partial charge in [0.2, 0.25) is 0 Å². The van der Waals surface area contributed by atoms with E-state index in [1.54, 1.807) is 0 Å². The van der Waals surface area contributed by atoms with Crippen molar-refractivity contribution < 1.29 is 19.5 Å². The van der Waals surface area contributed by atoms with Crippen LogP contribution < -0.4 is 10.6 Å². The number of carbonyl (C=O) groups excluding carboxylic acids is 2. The lowest BCUT2D eigenvalue weighted by Gasteiger charge is -2.18. The minimum Gasteiger partial charge on any atom is -0.481 e. The van der Waals surface area contributed by atoms with Crippen LogP contribution >= 0.6 is 0 Å². The molecule has 0 radical (unpaired) electrons. The molecule has 14 heavy (non-hydrogen) atoms. The number of imide groups is 1. The number of carbonyl (C=O) groups is 3. The Morgan fingerprint density at radius 1 is 1.50 bits per heavy atom. The summed E-state index contributed by atoms with van der Waals surface area (Å²) in [6, 6.07) is -0.527. The van der Waals surface area contributed by atoms with Gasteiger partial charge in [-0.3, -0.25) is 14.9 Å². The SMILES string of the molecule is O=C1NC(=O)[C@@]2(CC[C@@H](C(=O)O)C2)N1. The smallest absolute Gasteiger partial charge is 0.322 e. The molecule has 2 rings (SSSR count). The van der Waals surface area contributed by atoms with Gasteiger partial charge in [0.1, 0.15) is 5.54 Å². The Morgan fingerprint density at radius 2 is 2.21 bits per heavy atom. The zero-order valence-corrected chi connectivity index (χ0v) is 7.37. The normalized spacial score (nSPS) is 35.9. The summed E-state index contributed by atoms with van der Waals surface area (Å²) >= 11 is 0. The fourth-order valence-corrected chi connectivity index (χ4v) is 2.10. The molecule has 2 fully saturated rings. The van der Waals surface area contributed by atoms with Gasteiger partial charge in [0.25, 0.3) is 5.91 Å². The Labute approximate surface area is 79.7 Å². The fourth-order valence-electron chi connectivity index (χ4n) is 2.10. The predicted octanol–water partition coefficient (Wildman–Crippen LogP) is -0.551. The monoisotopic (exact) mass is 198 g/mol. The highest BCUT2D eigenvalue weighted by Crippen LogP contribution is 2.36. The Morgan fingerprint density at radius 3 is 2.64 bits per heavy atom. The number of urea groups is 1. The van der Waals surface area contributed by atoms with Crippen LogP contribution in [0.25, 0.3) is 0 Å². The lowest BCUT2D eigenvalue weighted by molar-refractivity contribution is -0.141. The molecule has 2 aliphatic rings. The Balaban J connectivity index is 2.17. The quantitative estimate of drug-likeness (QED) is 0.492. The van der Waals surface area contributed by atoms with E-state index < -0.39 is 29.4 Å². The number of carboxylic acids is 1. The molecule has 0 aromatic carbocycles. The highest BCUT2D eigenvalue weighted by molar-refractivity contribution is 6.07. The second kappa shape index (κ2) is 2.70. The van der Waals surface area contributed by atoms with Gasteiger partial charge < -0.3 is 10.4 Å². The summed E-state index contributed by atoms with van der Waals surface area (Å²) in [5, 5.41) is 13.4. The molecule has 6 nitrogen and oxygen atoms in total. The van der Waals surface area contributed by atoms with Crippen molar-refractivity contribution in [1.82, 2.24) is 10.6 Å². The van der Waals surface area contributed by atoms with E-state index >= 15 is 0 Å². The van der Waals surface area contributed by atoms with Crippen molar-refractivity contribution in [3.05, 3.63) is 0 Å². The van der Waals surface area contributed by atoms with Gasteiger partial charge in [-0.15, -0.1) is 0 Å². The highest BCUT2D eigenvalue weighted by atomic mass is 16.4. The second-order valence-electron chi connectivity index (χ2n) is 3.77. The number of hydrogen-bond acceptors (Lipinski definition) is 3. The van der Waals surface area contributed by atoms with Crippen LogP contribution in [0.15, 0.2) is 0 Å². The number of hydrogen-bond donors (Lipinski definition) is 3. The molecule has 1 heterocycles. The van der Waals surface area contributed by atoms with Crippen molar-refractivity contribution in [2.75, 3.05) is 0 Å². The van der Waals surface area contributed by atoms with Crippen LogP contribution in [0.4, 0.5) is 4.79 Å². The van der Waals surface area contributed by atoms with Gasteiger partial charge in [-0.2, -0.15) is 0 Å². The molecule has 1 aliphatic carbocycles. The molecule has 0 unspecified atom stereocenters. The van der Waals surface area contributed by atoms with Gasteiger partial charge in [0.15, 0.2) is 0 Å². The Bertz CT molecular complexity index is 327. The van der Waals surface area contributed by atoms with Gasteiger partial charge in [-0.05, 0) is 19.3 Å². The van der Waals surface area contributed by atoms with Gasteiger partial charge in [0, 0.05) is 0 Å². The topological polar surface area (TPSA) is 95.5 Å². The zero-order valence-electron chi connectivity index (χ0n) is 7.37. The maximum absolute atomic E-state index is 11.4. The van der Waals surface area contributed by atoms with Crippen LogP contribution in [0, 0.1) is 5.92 Å². The third-order valence-electron chi connectivity index (χ3n) is 2.88. The molecule has 6 heteroatoms. The lowest BCUT2D eigenvalue weighted by atomic mass is 9.96. The summed E-state index contributed by atoms with van der Waals surface area (Å²) in [6.07, 6.45) is 1.03. The van der Waals surface area contributed by atoms with E-state index in [-0.39, 0.29) is 6.42 Å². The molecule has 76 valence electrons. The maximum Gasteiger partial charge on any atom is 0.322 e. The van der Waals surface area contributed by atoms with Crippen LogP contribution in [0.3, 0.4) is 0 Å². The van der Waals surface area contributed by atoms with E-state index in [1.807, 2.05) is 0 Å². The van der Waals surface area contributed by atoms with Crippen LogP contribution in [-0.4, -0.2) is 28.6 Å². The molecular formula is C8H10N2O4. The summed E-state index contributed by atoms with van der Waals surface area (Å²) in [7, 11) is 0. The average Bonchev–Trinajstić information content (AvgIpc) is 2.59. The molecule has 2 atom stereocenters.